The van der Waals surface area contributed by atoms with Gasteiger partial charge in [0.05, 0.1) is 0 Å². The summed E-state index contributed by atoms with van der Waals surface area (Å²) >= 11 is 1.87. The van der Waals surface area contributed by atoms with Crippen LogP contribution in [0.25, 0.3) is 21.7 Å². The Balaban J connectivity index is 1.65. The zero-order valence-electron chi connectivity index (χ0n) is 15.9. The number of hydrogen-bond donors (Lipinski definition) is 0. The molecule has 0 nitrogen and oxygen atoms in total. The summed E-state index contributed by atoms with van der Waals surface area (Å²) in [5.74, 6) is 0. The molecule has 0 spiro atoms. The van der Waals surface area contributed by atoms with Crippen LogP contribution in [-0.2, 0) is 12.8 Å². The average Bonchev–Trinajstić information content (AvgIpc) is 3.31. The third kappa shape index (κ3) is 2.13. The van der Waals surface area contributed by atoms with Gasteiger partial charge >= 0.3 is 0 Å². The Morgan fingerprint density at radius 3 is 2.62 bits per heavy atom. The van der Waals surface area contributed by atoms with Gasteiger partial charge in [-0.15, -0.1) is 11.3 Å². The van der Waals surface area contributed by atoms with E-state index in [0.717, 1.165) is 12.8 Å². The Morgan fingerprint density at radius 2 is 1.81 bits per heavy atom. The van der Waals surface area contributed by atoms with Gasteiger partial charge in [-0.05, 0) is 83.0 Å². The first kappa shape index (κ1) is 16.1. The van der Waals surface area contributed by atoms with Gasteiger partial charge in [-0.3, -0.25) is 0 Å². The lowest BCUT2D eigenvalue weighted by Crippen LogP contribution is -2.17. The molecule has 26 heavy (non-hydrogen) atoms. The molecular formula is C25H24S. The predicted octanol–water partition coefficient (Wildman–Crippen LogP) is 7.21. The lowest BCUT2D eigenvalue weighted by molar-refractivity contribution is 0.592. The molecule has 0 fully saturated rings. The molecule has 5 rings (SSSR count). The van der Waals surface area contributed by atoms with Crippen LogP contribution in [-0.4, -0.2) is 0 Å². The first-order valence-electron chi connectivity index (χ1n) is 9.46. The second-order valence-corrected chi connectivity index (χ2v) is 9.31. The van der Waals surface area contributed by atoms with Crippen molar-refractivity contribution in [2.45, 2.75) is 40.5 Å². The Kier molecular flexibility index (Phi) is 3.36. The van der Waals surface area contributed by atoms with Gasteiger partial charge in [-0.1, -0.05) is 55.3 Å². The maximum atomic E-state index is 2.46. The largest absolute Gasteiger partial charge is 0.144 e. The van der Waals surface area contributed by atoms with Crippen molar-refractivity contribution in [2.24, 2.45) is 5.41 Å². The normalized spacial score (nSPS) is 16.2. The van der Waals surface area contributed by atoms with Crippen LogP contribution < -0.4 is 0 Å². The highest BCUT2D eigenvalue weighted by atomic mass is 32.1. The molecule has 1 aromatic heterocycles. The van der Waals surface area contributed by atoms with Gasteiger partial charge < -0.3 is 0 Å². The van der Waals surface area contributed by atoms with Crippen molar-refractivity contribution < 1.29 is 0 Å². The molecule has 2 aromatic carbocycles. The number of thiophene rings is 1. The van der Waals surface area contributed by atoms with Crippen molar-refractivity contribution >= 4 is 33.1 Å². The van der Waals surface area contributed by atoms with E-state index in [1.54, 1.807) is 22.3 Å². The number of aryl methyl sites for hydroxylation is 1. The molecule has 0 aliphatic heterocycles. The van der Waals surface area contributed by atoms with E-state index in [-0.39, 0.29) is 5.41 Å². The van der Waals surface area contributed by atoms with E-state index in [0.29, 0.717) is 0 Å². The zero-order chi connectivity index (χ0) is 18.1. The van der Waals surface area contributed by atoms with Crippen LogP contribution >= 0.6 is 11.3 Å². The van der Waals surface area contributed by atoms with E-state index in [4.69, 9.17) is 0 Å². The smallest absolute Gasteiger partial charge is 0.0351 e. The van der Waals surface area contributed by atoms with Crippen LogP contribution in [0.15, 0.2) is 52.9 Å². The third-order valence-corrected chi connectivity index (χ3v) is 7.35. The molecule has 0 bridgehead atoms. The monoisotopic (exact) mass is 356 g/mol. The summed E-state index contributed by atoms with van der Waals surface area (Å²) in [6.07, 6.45) is 4.62. The maximum absolute atomic E-state index is 2.46. The van der Waals surface area contributed by atoms with Crippen LogP contribution in [0.4, 0.5) is 0 Å². The van der Waals surface area contributed by atoms with E-state index >= 15 is 0 Å². The average molecular weight is 357 g/mol. The van der Waals surface area contributed by atoms with Gasteiger partial charge in [0, 0.05) is 10.1 Å². The van der Waals surface area contributed by atoms with Crippen LogP contribution in [0.5, 0.6) is 0 Å². The van der Waals surface area contributed by atoms with E-state index in [1.807, 2.05) is 11.3 Å². The molecule has 0 atom stereocenters. The molecule has 0 N–H and O–H groups in total. The van der Waals surface area contributed by atoms with E-state index in [9.17, 15) is 0 Å². The zero-order valence-corrected chi connectivity index (χ0v) is 16.8. The highest BCUT2D eigenvalue weighted by Crippen LogP contribution is 2.52. The molecule has 0 saturated heterocycles. The highest BCUT2D eigenvalue weighted by Gasteiger charge is 2.37. The summed E-state index contributed by atoms with van der Waals surface area (Å²) in [5.41, 5.74) is 12.1. The number of allylic oxidation sites excluding steroid dienone is 3. The minimum Gasteiger partial charge on any atom is -0.144 e. The van der Waals surface area contributed by atoms with Gasteiger partial charge in [0.1, 0.15) is 0 Å². The molecule has 2 aliphatic rings. The van der Waals surface area contributed by atoms with E-state index < -0.39 is 0 Å². The summed E-state index contributed by atoms with van der Waals surface area (Å²) in [5, 5.41) is 3.66. The van der Waals surface area contributed by atoms with E-state index in [1.165, 1.54) is 32.3 Å². The Labute approximate surface area is 159 Å². The van der Waals surface area contributed by atoms with Crippen LogP contribution in [0.3, 0.4) is 0 Å². The van der Waals surface area contributed by atoms with Crippen molar-refractivity contribution in [3.05, 3.63) is 80.7 Å². The minimum absolute atomic E-state index is 0.0612. The predicted molar refractivity (Wildman–Crippen MR) is 115 cm³/mol. The lowest BCUT2D eigenvalue weighted by Gasteiger charge is -2.31. The van der Waals surface area contributed by atoms with Crippen molar-refractivity contribution in [2.75, 3.05) is 0 Å². The Hall–Kier alpha value is -2.12. The molecule has 0 unspecified atom stereocenters. The Bertz CT molecular complexity index is 1120. The molecule has 1 heteroatoms. The molecule has 1 heterocycles. The topological polar surface area (TPSA) is 0 Å². The fraction of sp³-hybridized carbons (Fsp3) is 0.280. The van der Waals surface area contributed by atoms with E-state index in [2.05, 4.69) is 75.5 Å². The van der Waals surface area contributed by atoms with Crippen LogP contribution in [0.2, 0.25) is 0 Å². The fourth-order valence-electron chi connectivity index (χ4n) is 5.07. The summed E-state index contributed by atoms with van der Waals surface area (Å²) in [7, 11) is 0. The molecule has 2 aliphatic carbocycles. The number of fused-ring (bicyclic) bond motifs is 3. The van der Waals surface area contributed by atoms with Gasteiger partial charge in [0.2, 0.25) is 0 Å². The second-order valence-electron chi connectivity index (χ2n) is 8.36. The molecule has 0 saturated carbocycles. The molecule has 3 aromatic rings. The van der Waals surface area contributed by atoms with Crippen LogP contribution in [0.1, 0.15) is 48.6 Å². The summed E-state index contributed by atoms with van der Waals surface area (Å²) in [6.45, 7) is 9.49. The molecule has 0 amide bonds. The Morgan fingerprint density at radius 1 is 1.00 bits per heavy atom. The quantitative estimate of drug-likeness (QED) is 0.455. The van der Waals surface area contributed by atoms with Gasteiger partial charge in [0.25, 0.3) is 0 Å². The molecule has 0 radical (unpaired) electrons. The fourth-order valence-corrected chi connectivity index (χ4v) is 5.96. The molecular weight excluding hydrogens is 332 g/mol. The van der Waals surface area contributed by atoms with Gasteiger partial charge in [-0.25, -0.2) is 0 Å². The number of hydrogen-bond acceptors (Lipinski definition) is 1. The number of benzene rings is 2. The van der Waals surface area contributed by atoms with Crippen molar-refractivity contribution in [1.82, 2.24) is 0 Å². The van der Waals surface area contributed by atoms with Gasteiger partial charge in [0.15, 0.2) is 0 Å². The third-order valence-electron chi connectivity index (χ3n) is 6.48. The van der Waals surface area contributed by atoms with Crippen molar-refractivity contribution in [3.8, 4) is 0 Å². The second kappa shape index (κ2) is 5.44. The maximum Gasteiger partial charge on any atom is 0.0351 e. The van der Waals surface area contributed by atoms with Crippen LogP contribution in [0, 0.1) is 12.3 Å². The summed E-state index contributed by atoms with van der Waals surface area (Å²) in [6, 6.07) is 13.6. The number of rotatable bonds is 2. The molecule has 130 valence electrons. The van der Waals surface area contributed by atoms with Crippen molar-refractivity contribution in [1.29, 1.82) is 0 Å². The minimum atomic E-state index is 0.0612. The summed E-state index contributed by atoms with van der Waals surface area (Å²) < 4.78 is 1.42. The lowest BCUT2D eigenvalue weighted by atomic mass is 9.73. The van der Waals surface area contributed by atoms with Crippen molar-refractivity contribution in [3.63, 3.8) is 0 Å². The SMILES string of the molecule is CC1=C(C(C)(C)C2=Cc3ccccc3C2)c2cc3sccc3c(C)c2C1. The summed E-state index contributed by atoms with van der Waals surface area (Å²) in [4.78, 5) is 0. The standard InChI is InChI=1S/C25H24S/c1-15-11-21-16(2)20-9-10-26-23(20)14-22(21)24(15)25(3,4)19-12-17-7-5-6-8-18(17)13-19/h5-10,12,14H,11,13H2,1-4H3. The highest BCUT2D eigenvalue weighted by molar-refractivity contribution is 7.17. The first-order valence-corrected chi connectivity index (χ1v) is 10.3. The van der Waals surface area contributed by atoms with Gasteiger partial charge in [-0.2, -0.15) is 0 Å². The first-order chi connectivity index (χ1) is 12.5.